The second-order valence-electron chi connectivity index (χ2n) is 8.49. The van der Waals surface area contributed by atoms with Gasteiger partial charge in [-0.1, -0.05) is 36.4 Å². The van der Waals surface area contributed by atoms with Gasteiger partial charge in [0.15, 0.2) is 0 Å². The molecule has 0 N–H and O–H groups in total. The minimum Gasteiger partial charge on any atom is -0.497 e. The highest BCUT2D eigenvalue weighted by atomic mass is 32.2. The molecule has 33 heavy (non-hydrogen) atoms. The Morgan fingerprint density at radius 2 is 1.91 bits per heavy atom. The number of rotatable bonds is 5. The summed E-state index contributed by atoms with van der Waals surface area (Å²) in [7, 11) is -2.11. The van der Waals surface area contributed by atoms with Crippen LogP contribution in [0.3, 0.4) is 0 Å². The van der Waals surface area contributed by atoms with Crippen LogP contribution >= 0.6 is 0 Å². The molecule has 8 heteroatoms. The van der Waals surface area contributed by atoms with Gasteiger partial charge in [0.2, 0.25) is 15.9 Å². The summed E-state index contributed by atoms with van der Waals surface area (Å²) >= 11 is 0. The minimum absolute atomic E-state index is 0.0248. The molecule has 170 valence electrons. The van der Waals surface area contributed by atoms with Gasteiger partial charge < -0.3 is 9.64 Å². The molecule has 1 fully saturated rings. The second kappa shape index (κ2) is 8.28. The fraction of sp³-hybridized carbons (Fsp3) is 0.280. The summed E-state index contributed by atoms with van der Waals surface area (Å²) in [5.74, 6) is 0.680. The van der Waals surface area contributed by atoms with Gasteiger partial charge in [0.25, 0.3) is 0 Å². The van der Waals surface area contributed by atoms with Gasteiger partial charge in [-0.15, -0.1) is 0 Å². The smallest absolute Gasteiger partial charge is 0.244 e. The molecule has 0 saturated carbocycles. The summed E-state index contributed by atoms with van der Waals surface area (Å²) in [4.78, 5) is 19.5. The van der Waals surface area contributed by atoms with Crippen molar-refractivity contribution in [2.24, 2.45) is 0 Å². The summed E-state index contributed by atoms with van der Waals surface area (Å²) in [5.41, 5.74) is 1.67. The van der Waals surface area contributed by atoms with Crippen molar-refractivity contribution in [3.63, 3.8) is 0 Å². The number of carbonyl (C=O) groups excluding carboxylic acids is 1. The molecule has 2 aliphatic rings. The highest BCUT2D eigenvalue weighted by molar-refractivity contribution is 7.89. The quantitative estimate of drug-likeness (QED) is 0.581. The number of aromatic nitrogens is 1. The third-order valence-corrected chi connectivity index (χ3v) is 8.54. The van der Waals surface area contributed by atoms with E-state index < -0.39 is 15.6 Å². The Kier molecular flexibility index (Phi) is 5.42. The van der Waals surface area contributed by atoms with Gasteiger partial charge in [0.1, 0.15) is 5.75 Å². The lowest BCUT2D eigenvalue weighted by molar-refractivity contribution is -0.129. The Labute approximate surface area is 193 Å². The maximum absolute atomic E-state index is 13.6. The van der Waals surface area contributed by atoms with Crippen LogP contribution < -0.4 is 4.74 Å². The number of sulfonamides is 1. The first-order chi connectivity index (χ1) is 15.9. The van der Waals surface area contributed by atoms with Gasteiger partial charge in [0.05, 0.1) is 24.0 Å². The van der Waals surface area contributed by atoms with Crippen molar-refractivity contribution in [3.8, 4) is 5.75 Å². The van der Waals surface area contributed by atoms with Crippen molar-refractivity contribution in [1.82, 2.24) is 14.2 Å². The fourth-order valence-corrected chi connectivity index (χ4v) is 7.00. The number of methoxy groups -OCH3 is 1. The van der Waals surface area contributed by atoms with Crippen molar-refractivity contribution < 1.29 is 17.9 Å². The Hall–Kier alpha value is -3.23. The molecule has 1 amide bonds. The van der Waals surface area contributed by atoms with Crippen LogP contribution in [0.1, 0.15) is 23.1 Å². The summed E-state index contributed by atoms with van der Waals surface area (Å²) < 4.78 is 34.0. The first kappa shape index (κ1) is 21.6. The van der Waals surface area contributed by atoms with Crippen molar-refractivity contribution in [3.05, 3.63) is 89.7 Å². The Bertz CT molecular complexity index is 1300. The molecule has 0 bridgehead atoms. The summed E-state index contributed by atoms with van der Waals surface area (Å²) in [6.45, 7) is 1.03. The maximum Gasteiger partial charge on any atom is 0.244 e. The molecule has 0 unspecified atom stereocenters. The number of nitrogens with zero attached hydrogens (tertiary/aromatic N) is 3. The number of hydrogen-bond donors (Lipinski definition) is 0. The number of pyridine rings is 1. The predicted octanol–water partition coefficient (Wildman–Crippen LogP) is 2.97. The van der Waals surface area contributed by atoms with E-state index in [0.717, 1.165) is 16.7 Å². The van der Waals surface area contributed by atoms with Crippen LogP contribution in [0.5, 0.6) is 5.75 Å². The zero-order valence-corrected chi connectivity index (χ0v) is 19.2. The first-order valence-corrected chi connectivity index (χ1v) is 12.3. The standard InChI is InChI=1S/C25H25N3O4S/c1-32-21-8-4-6-19(14-21)15-24(29)27-13-11-25(18-27)22-9-2-3-10-23(22)33(30,31)28(25)17-20-7-5-12-26-16-20/h2-10,12,14,16H,11,13,15,17-18H2,1H3/t25-/m0/s1. The molecule has 1 saturated heterocycles. The summed E-state index contributed by atoms with van der Waals surface area (Å²) in [6, 6.07) is 18.3. The molecule has 2 aliphatic heterocycles. The van der Waals surface area contributed by atoms with Crippen molar-refractivity contribution >= 4 is 15.9 Å². The second-order valence-corrected chi connectivity index (χ2v) is 10.3. The number of benzene rings is 2. The van der Waals surface area contributed by atoms with Crippen molar-refractivity contribution in [2.75, 3.05) is 20.2 Å². The minimum atomic E-state index is -3.70. The number of hydrogen-bond acceptors (Lipinski definition) is 5. The Balaban J connectivity index is 1.47. The molecular formula is C25H25N3O4S. The lowest BCUT2D eigenvalue weighted by Crippen LogP contribution is -2.46. The molecule has 0 aliphatic carbocycles. The van der Waals surface area contributed by atoms with E-state index in [2.05, 4.69) is 4.98 Å². The Morgan fingerprint density at radius 3 is 2.70 bits per heavy atom. The molecule has 1 aromatic heterocycles. The van der Waals surface area contributed by atoms with Crippen LogP contribution in [-0.4, -0.2) is 48.7 Å². The van der Waals surface area contributed by atoms with Gasteiger partial charge in [-0.25, -0.2) is 8.42 Å². The average molecular weight is 464 g/mol. The monoisotopic (exact) mass is 463 g/mol. The number of amides is 1. The molecule has 0 radical (unpaired) electrons. The number of carbonyl (C=O) groups is 1. The Morgan fingerprint density at radius 1 is 1.09 bits per heavy atom. The lowest BCUT2D eigenvalue weighted by Gasteiger charge is -2.34. The van der Waals surface area contributed by atoms with Crippen molar-refractivity contribution in [1.29, 1.82) is 0 Å². The van der Waals surface area contributed by atoms with E-state index in [0.29, 0.717) is 30.2 Å². The summed E-state index contributed by atoms with van der Waals surface area (Å²) in [5, 5.41) is 0. The molecule has 2 aromatic carbocycles. The van der Waals surface area contributed by atoms with E-state index >= 15 is 0 Å². The highest BCUT2D eigenvalue weighted by Gasteiger charge is 2.57. The molecule has 7 nitrogen and oxygen atoms in total. The van der Waals surface area contributed by atoms with Crippen LogP contribution in [0.4, 0.5) is 0 Å². The largest absolute Gasteiger partial charge is 0.497 e. The zero-order valence-electron chi connectivity index (χ0n) is 18.3. The van der Waals surface area contributed by atoms with E-state index in [9.17, 15) is 13.2 Å². The molecule has 1 atom stereocenters. The molecule has 3 heterocycles. The van der Waals surface area contributed by atoms with Gasteiger partial charge in [0, 0.05) is 32.0 Å². The van der Waals surface area contributed by atoms with Gasteiger partial charge in [-0.3, -0.25) is 9.78 Å². The topological polar surface area (TPSA) is 79.8 Å². The van der Waals surface area contributed by atoms with Gasteiger partial charge in [-0.2, -0.15) is 4.31 Å². The number of ether oxygens (including phenoxy) is 1. The normalized spacial score (nSPS) is 21.3. The molecule has 5 rings (SSSR count). The first-order valence-electron chi connectivity index (χ1n) is 10.9. The van der Waals surface area contributed by atoms with Crippen LogP contribution in [0, 0.1) is 0 Å². The van der Waals surface area contributed by atoms with Crippen LogP contribution in [0.15, 0.2) is 78.0 Å². The van der Waals surface area contributed by atoms with Crippen LogP contribution in [0.25, 0.3) is 0 Å². The van der Waals surface area contributed by atoms with E-state index in [-0.39, 0.29) is 18.9 Å². The molecule has 1 spiro atoms. The third kappa shape index (κ3) is 3.69. The van der Waals surface area contributed by atoms with Crippen LogP contribution in [0.2, 0.25) is 0 Å². The number of likely N-dealkylation sites (tertiary alicyclic amines) is 1. The van der Waals surface area contributed by atoms with Crippen molar-refractivity contribution in [2.45, 2.75) is 29.8 Å². The molecule has 3 aromatic rings. The van der Waals surface area contributed by atoms with Gasteiger partial charge >= 0.3 is 0 Å². The molecular weight excluding hydrogens is 438 g/mol. The fourth-order valence-electron chi connectivity index (χ4n) is 4.95. The van der Waals surface area contributed by atoms with E-state index in [1.807, 2.05) is 42.5 Å². The third-order valence-electron chi connectivity index (χ3n) is 6.57. The predicted molar refractivity (Wildman–Crippen MR) is 123 cm³/mol. The van der Waals surface area contributed by atoms with E-state index in [4.69, 9.17) is 4.74 Å². The maximum atomic E-state index is 13.6. The number of fused-ring (bicyclic) bond motifs is 2. The SMILES string of the molecule is COc1cccc(CC(=O)N2CC[C@]3(C2)c2ccccc2S(=O)(=O)N3Cc2cccnc2)c1. The zero-order chi connectivity index (χ0) is 23.1. The average Bonchev–Trinajstić information content (AvgIpc) is 3.36. The lowest BCUT2D eigenvalue weighted by atomic mass is 9.88. The van der Waals surface area contributed by atoms with Gasteiger partial charge in [-0.05, 0) is 47.4 Å². The van der Waals surface area contributed by atoms with E-state index in [1.54, 1.807) is 46.9 Å². The summed E-state index contributed by atoms with van der Waals surface area (Å²) in [6.07, 6.45) is 4.14. The van der Waals surface area contributed by atoms with Crippen LogP contribution in [-0.2, 0) is 33.3 Å². The highest BCUT2D eigenvalue weighted by Crippen LogP contribution is 2.50. The van der Waals surface area contributed by atoms with E-state index in [1.165, 1.54) is 0 Å².